The minimum absolute atomic E-state index is 0.0234. The zero-order chi connectivity index (χ0) is 14.0. The molecular formula is C14H15NO4. The van der Waals surface area contributed by atoms with Gasteiger partial charge >= 0.3 is 5.97 Å². The quantitative estimate of drug-likeness (QED) is 0.650. The summed E-state index contributed by atoms with van der Waals surface area (Å²) in [6, 6.07) is 4.23. The van der Waals surface area contributed by atoms with Gasteiger partial charge in [-0.05, 0) is 24.6 Å². The van der Waals surface area contributed by atoms with Crippen molar-refractivity contribution in [1.82, 2.24) is 0 Å². The van der Waals surface area contributed by atoms with Crippen molar-refractivity contribution in [1.29, 1.82) is 0 Å². The van der Waals surface area contributed by atoms with Gasteiger partial charge in [-0.1, -0.05) is 19.8 Å². The first-order chi connectivity index (χ1) is 9.06. The number of Topliss-reactive ketones (excluding diaryl/α,β-unsaturated/α-hetero) is 1. The van der Waals surface area contributed by atoms with Crippen LogP contribution in [-0.4, -0.2) is 29.3 Å². The number of rotatable bonds is 5. The molecule has 0 aromatic heterocycles. The number of benzene rings is 1. The lowest BCUT2D eigenvalue weighted by Gasteiger charge is -2.16. The molecule has 1 aliphatic heterocycles. The summed E-state index contributed by atoms with van der Waals surface area (Å²) < 4.78 is 0. The van der Waals surface area contributed by atoms with E-state index in [1.807, 2.05) is 0 Å². The fraction of sp³-hybridized carbons (Fsp3) is 0.357. The lowest BCUT2D eigenvalue weighted by molar-refractivity contribution is -0.114. The maximum atomic E-state index is 11.9. The molecule has 0 radical (unpaired) electrons. The predicted octanol–water partition coefficient (Wildman–Crippen LogP) is 2.10. The van der Waals surface area contributed by atoms with Crippen molar-refractivity contribution >= 4 is 23.3 Å². The zero-order valence-corrected chi connectivity index (χ0v) is 10.7. The van der Waals surface area contributed by atoms with Gasteiger partial charge in [0.25, 0.3) is 11.7 Å². The smallest absolute Gasteiger partial charge is 0.335 e. The van der Waals surface area contributed by atoms with Gasteiger partial charge in [-0.15, -0.1) is 0 Å². The lowest BCUT2D eigenvalue weighted by Crippen LogP contribution is -2.30. The fourth-order valence-electron chi connectivity index (χ4n) is 2.18. The Morgan fingerprint density at radius 3 is 2.63 bits per heavy atom. The molecule has 0 unspecified atom stereocenters. The van der Waals surface area contributed by atoms with Crippen LogP contribution in [0.4, 0.5) is 5.69 Å². The van der Waals surface area contributed by atoms with Gasteiger partial charge in [0.2, 0.25) is 0 Å². The maximum Gasteiger partial charge on any atom is 0.335 e. The van der Waals surface area contributed by atoms with Gasteiger partial charge in [-0.25, -0.2) is 4.79 Å². The van der Waals surface area contributed by atoms with Crippen molar-refractivity contribution < 1.29 is 19.5 Å². The molecule has 0 saturated heterocycles. The highest BCUT2D eigenvalue weighted by molar-refractivity contribution is 6.52. The first kappa shape index (κ1) is 13.3. The SMILES string of the molecule is CCCCCN1C(=O)C(=O)c2cc(C(=O)O)ccc21. The summed E-state index contributed by atoms with van der Waals surface area (Å²) in [5, 5.41) is 8.90. The number of fused-ring (bicyclic) bond motifs is 1. The number of hydrogen-bond donors (Lipinski definition) is 1. The van der Waals surface area contributed by atoms with Crippen LogP contribution in [-0.2, 0) is 4.79 Å². The zero-order valence-electron chi connectivity index (χ0n) is 10.7. The van der Waals surface area contributed by atoms with E-state index in [1.54, 1.807) is 0 Å². The number of hydrogen-bond acceptors (Lipinski definition) is 3. The first-order valence-corrected chi connectivity index (χ1v) is 6.29. The van der Waals surface area contributed by atoms with Crippen LogP contribution >= 0.6 is 0 Å². The predicted molar refractivity (Wildman–Crippen MR) is 69.6 cm³/mol. The summed E-state index contributed by atoms with van der Waals surface area (Å²) >= 11 is 0. The molecule has 1 N–H and O–H groups in total. The van der Waals surface area contributed by atoms with E-state index in [-0.39, 0.29) is 11.1 Å². The second-order valence-corrected chi connectivity index (χ2v) is 4.53. The molecule has 19 heavy (non-hydrogen) atoms. The average molecular weight is 261 g/mol. The van der Waals surface area contributed by atoms with E-state index >= 15 is 0 Å². The molecule has 1 heterocycles. The number of aromatic carboxylic acids is 1. The number of carboxylic acid groups (broad SMARTS) is 1. The Kier molecular flexibility index (Phi) is 3.64. The van der Waals surface area contributed by atoms with Gasteiger partial charge in [0.15, 0.2) is 0 Å². The highest BCUT2D eigenvalue weighted by Gasteiger charge is 2.35. The second-order valence-electron chi connectivity index (χ2n) is 4.53. The third-order valence-electron chi connectivity index (χ3n) is 3.20. The van der Waals surface area contributed by atoms with Crippen LogP contribution in [0, 0.1) is 0 Å². The van der Waals surface area contributed by atoms with E-state index < -0.39 is 17.7 Å². The molecule has 0 spiro atoms. The number of carbonyl (C=O) groups excluding carboxylic acids is 2. The Hall–Kier alpha value is -2.17. The minimum Gasteiger partial charge on any atom is -0.478 e. The summed E-state index contributed by atoms with van der Waals surface area (Å²) in [6.07, 6.45) is 2.84. The van der Waals surface area contributed by atoms with Crippen molar-refractivity contribution in [3.63, 3.8) is 0 Å². The van der Waals surface area contributed by atoms with E-state index in [1.165, 1.54) is 23.1 Å². The molecule has 0 atom stereocenters. The van der Waals surface area contributed by atoms with Crippen LogP contribution in [0.5, 0.6) is 0 Å². The third-order valence-corrected chi connectivity index (χ3v) is 3.20. The number of nitrogens with zero attached hydrogens (tertiary/aromatic N) is 1. The first-order valence-electron chi connectivity index (χ1n) is 6.29. The molecule has 1 amide bonds. The largest absolute Gasteiger partial charge is 0.478 e. The van der Waals surface area contributed by atoms with E-state index in [0.717, 1.165) is 19.3 Å². The summed E-state index contributed by atoms with van der Waals surface area (Å²) in [5.74, 6) is -2.28. The average Bonchev–Trinajstić information content (AvgIpc) is 2.63. The summed E-state index contributed by atoms with van der Waals surface area (Å²) in [7, 11) is 0. The van der Waals surface area contributed by atoms with Crippen LogP contribution in [0.1, 0.15) is 46.9 Å². The molecule has 0 aliphatic carbocycles. The number of carboxylic acids is 1. The van der Waals surface area contributed by atoms with Gasteiger partial charge in [-0.2, -0.15) is 0 Å². The van der Waals surface area contributed by atoms with Gasteiger partial charge in [0, 0.05) is 6.54 Å². The fourth-order valence-corrected chi connectivity index (χ4v) is 2.18. The van der Waals surface area contributed by atoms with Gasteiger partial charge in [-0.3, -0.25) is 9.59 Å². The third kappa shape index (κ3) is 2.36. The molecular weight excluding hydrogens is 246 g/mol. The Balaban J connectivity index is 2.30. The highest BCUT2D eigenvalue weighted by Crippen LogP contribution is 2.30. The molecule has 0 saturated carbocycles. The van der Waals surface area contributed by atoms with Crippen molar-refractivity contribution in [3.05, 3.63) is 29.3 Å². The van der Waals surface area contributed by atoms with E-state index in [2.05, 4.69) is 6.92 Å². The summed E-state index contributed by atoms with van der Waals surface area (Å²) in [5.41, 5.74) is 0.743. The monoisotopic (exact) mass is 261 g/mol. The molecule has 5 nitrogen and oxygen atoms in total. The molecule has 1 aromatic rings. The van der Waals surface area contributed by atoms with Crippen LogP contribution in [0.15, 0.2) is 18.2 Å². The van der Waals surface area contributed by atoms with Crippen molar-refractivity contribution in [3.8, 4) is 0 Å². The number of ketones is 1. The Bertz CT molecular complexity index is 550. The number of unbranched alkanes of at least 4 members (excludes halogenated alkanes) is 2. The molecule has 1 aromatic carbocycles. The molecule has 0 fully saturated rings. The van der Waals surface area contributed by atoms with Crippen molar-refractivity contribution in [2.75, 3.05) is 11.4 Å². The van der Waals surface area contributed by atoms with E-state index in [4.69, 9.17) is 5.11 Å². The van der Waals surface area contributed by atoms with Crippen molar-refractivity contribution in [2.24, 2.45) is 0 Å². The Morgan fingerprint density at radius 1 is 1.26 bits per heavy atom. The van der Waals surface area contributed by atoms with Crippen molar-refractivity contribution in [2.45, 2.75) is 26.2 Å². The topological polar surface area (TPSA) is 74.7 Å². The summed E-state index contributed by atoms with van der Waals surface area (Å²) in [4.78, 5) is 36.0. The lowest BCUT2D eigenvalue weighted by atomic mass is 10.1. The molecule has 100 valence electrons. The summed E-state index contributed by atoms with van der Waals surface area (Å²) in [6.45, 7) is 2.56. The Morgan fingerprint density at radius 2 is 2.00 bits per heavy atom. The van der Waals surface area contributed by atoms with Gasteiger partial charge in [0.1, 0.15) is 0 Å². The Labute approximate surface area is 110 Å². The van der Waals surface area contributed by atoms with Crippen LogP contribution in [0.2, 0.25) is 0 Å². The van der Waals surface area contributed by atoms with E-state index in [9.17, 15) is 14.4 Å². The van der Waals surface area contributed by atoms with Gasteiger partial charge < -0.3 is 10.0 Å². The number of amides is 1. The molecule has 2 rings (SSSR count). The molecule has 0 bridgehead atoms. The van der Waals surface area contributed by atoms with Crippen LogP contribution in [0.3, 0.4) is 0 Å². The normalized spacial score (nSPS) is 13.8. The standard InChI is InChI=1S/C14H15NO4/c1-2-3-4-7-15-11-6-5-9(14(18)19)8-10(11)12(16)13(15)17/h5-6,8H,2-4,7H2,1H3,(H,18,19). The van der Waals surface area contributed by atoms with E-state index in [0.29, 0.717) is 12.2 Å². The number of anilines is 1. The molecule has 1 aliphatic rings. The maximum absolute atomic E-state index is 11.9. The number of carbonyl (C=O) groups is 3. The van der Waals surface area contributed by atoms with Gasteiger partial charge in [0.05, 0.1) is 16.8 Å². The second kappa shape index (κ2) is 5.22. The highest BCUT2D eigenvalue weighted by atomic mass is 16.4. The van der Waals surface area contributed by atoms with Crippen LogP contribution in [0.25, 0.3) is 0 Å². The minimum atomic E-state index is -1.10. The molecule has 5 heteroatoms. The van der Waals surface area contributed by atoms with Crippen LogP contribution < -0.4 is 4.90 Å².